The lowest BCUT2D eigenvalue weighted by atomic mass is 10.0. The van der Waals surface area contributed by atoms with E-state index in [1.54, 1.807) is 0 Å². The molecule has 0 bridgehead atoms. The first-order valence-corrected chi connectivity index (χ1v) is 7.21. The first-order chi connectivity index (χ1) is 9.20. The van der Waals surface area contributed by atoms with E-state index >= 15 is 0 Å². The number of hydrogen-bond donors (Lipinski definition) is 1. The van der Waals surface area contributed by atoms with Gasteiger partial charge in [0, 0.05) is 6.42 Å². The molecule has 0 saturated heterocycles. The van der Waals surface area contributed by atoms with Gasteiger partial charge in [0.05, 0.1) is 6.10 Å². The number of benzene rings is 1. The fourth-order valence-electron chi connectivity index (χ4n) is 3.38. The molecule has 3 rings (SSSR count). The summed E-state index contributed by atoms with van der Waals surface area (Å²) < 4.78 is 6.02. The maximum atomic E-state index is 10.7. The van der Waals surface area contributed by atoms with Gasteiger partial charge in [0.1, 0.15) is 5.75 Å². The second-order valence-electron chi connectivity index (χ2n) is 5.80. The molecule has 2 unspecified atom stereocenters. The lowest BCUT2D eigenvalue weighted by molar-refractivity contribution is -0.138. The van der Waals surface area contributed by atoms with Crippen LogP contribution in [-0.4, -0.2) is 17.2 Å². The van der Waals surface area contributed by atoms with Crippen molar-refractivity contribution in [1.29, 1.82) is 0 Å². The number of carboxylic acid groups (broad SMARTS) is 1. The molecule has 1 N–H and O–H groups in total. The molecule has 1 aromatic rings. The molecule has 2 atom stereocenters. The third-order valence-corrected chi connectivity index (χ3v) is 4.33. The molecule has 19 heavy (non-hydrogen) atoms. The van der Waals surface area contributed by atoms with Crippen molar-refractivity contribution in [3.8, 4) is 5.75 Å². The van der Waals surface area contributed by atoms with Crippen molar-refractivity contribution < 1.29 is 14.6 Å². The number of hydrogen-bond acceptors (Lipinski definition) is 2. The van der Waals surface area contributed by atoms with Crippen LogP contribution in [0.4, 0.5) is 0 Å². The minimum absolute atomic E-state index is 0.198. The molecule has 0 radical (unpaired) electrons. The second kappa shape index (κ2) is 5.24. The van der Waals surface area contributed by atoms with Crippen molar-refractivity contribution >= 4 is 5.97 Å². The van der Waals surface area contributed by atoms with E-state index < -0.39 is 5.97 Å². The number of fused-ring (bicyclic) bond motifs is 1. The minimum atomic E-state index is -0.691. The van der Waals surface area contributed by atoms with Gasteiger partial charge in [0.2, 0.25) is 0 Å². The monoisotopic (exact) mass is 260 g/mol. The molecule has 2 aliphatic carbocycles. The fraction of sp³-hybridized carbons (Fsp3) is 0.562. The molecule has 2 aliphatic rings. The van der Waals surface area contributed by atoms with E-state index in [4.69, 9.17) is 9.84 Å². The summed E-state index contributed by atoms with van der Waals surface area (Å²) in [6.45, 7) is 0. The number of rotatable bonds is 4. The average molecular weight is 260 g/mol. The molecule has 3 nitrogen and oxygen atoms in total. The van der Waals surface area contributed by atoms with Gasteiger partial charge in [-0.05, 0) is 67.7 Å². The Morgan fingerprint density at radius 3 is 2.95 bits per heavy atom. The summed E-state index contributed by atoms with van der Waals surface area (Å²) in [5.74, 6) is 0.557. The summed E-state index contributed by atoms with van der Waals surface area (Å²) >= 11 is 0. The van der Waals surface area contributed by atoms with Crippen LogP contribution in [0.25, 0.3) is 0 Å². The number of carbonyl (C=O) groups is 1. The summed E-state index contributed by atoms with van der Waals surface area (Å²) in [5, 5.41) is 8.81. The molecular formula is C16H20O3. The fourth-order valence-corrected chi connectivity index (χ4v) is 3.38. The van der Waals surface area contributed by atoms with Gasteiger partial charge < -0.3 is 9.84 Å². The van der Waals surface area contributed by atoms with E-state index in [-0.39, 0.29) is 18.4 Å². The van der Waals surface area contributed by atoms with E-state index in [0.29, 0.717) is 0 Å². The molecule has 1 fully saturated rings. The maximum absolute atomic E-state index is 10.7. The normalized spacial score (nSPS) is 25.3. The largest absolute Gasteiger partial charge is 0.490 e. The average Bonchev–Trinajstić information content (AvgIpc) is 2.97. The highest BCUT2D eigenvalue weighted by molar-refractivity contribution is 5.67. The van der Waals surface area contributed by atoms with Gasteiger partial charge >= 0.3 is 5.97 Å². The standard InChI is InChI=1S/C16H20O3/c17-16(18)9-11-4-6-14(8-11)19-15-7-5-12-2-1-3-13(12)10-15/h5,7,10-11,14H,1-4,6,8-9H2,(H,17,18). The summed E-state index contributed by atoms with van der Waals surface area (Å²) in [6.07, 6.45) is 6.93. The van der Waals surface area contributed by atoms with Crippen LogP contribution < -0.4 is 4.74 Å². The molecule has 0 heterocycles. The number of aliphatic carboxylic acids is 1. The summed E-state index contributed by atoms with van der Waals surface area (Å²) in [7, 11) is 0. The summed E-state index contributed by atoms with van der Waals surface area (Å²) in [5.41, 5.74) is 2.89. The Labute approximate surface area is 113 Å². The third-order valence-electron chi connectivity index (χ3n) is 4.33. The van der Waals surface area contributed by atoms with Crippen LogP contribution in [-0.2, 0) is 17.6 Å². The van der Waals surface area contributed by atoms with Crippen molar-refractivity contribution in [3.05, 3.63) is 29.3 Å². The Kier molecular flexibility index (Phi) is 3.45. The highest BCUT2D eigenvalue weighted by Gasteiger charge is 2.27. The van der Waals surface area contributed by atoms with Gasteiger partial charge in [0.25, 0.3) is 0 Å². The van der Waals surface area contributed by atoms with Crippen LogP contribution in [0.1, 0.15) is 43.2 Å². The van der Waals surface area contributed by atoms with Crippen LogP contribution in [0.3, 0.4) is 0 Å². The molecule has 102 valence electrons. The van der Waals surface area contributed by atoms with Crippen molar-refractivity contribution in [2.45, 2.75) is 51.0 Å². The SMILES string of the molecule is O=C(O)CC1CCC(Oc2ccc3c(c2)CCC3)C1. The number of carboxylic acids is 1. The van der Waals surface area contributed by atoms with Gasteiger partial charge in [-0.15, -0.1) is 0 Å². The zero-order chi connectivity index (χ0) is 13.2. The first kappa shape index (κ1) is 12.5. The highest BCUT2D eigenvalue weighted by Crippen LogP contribution is 2.33. The first-order valence-electron chi connectivity index (χ1n) is 7.21. The van der Waals surface area contributed by atoms with Crippen LogP contribution in [0.5, 0.6) is 5.75 Å². The van der Waals surface area contributed by atoms with Crippen molar-refractivity contribution in [3.63, 3.8) is 0 Å². The quantitative estimate of drug-likeness (QED) is 0.904. The molecule has 0 spiro atoms. The number of ether oxygens (including phenoxy) is 1. The Morgan fingerprint density at radius 2 is 2.11 bits per heavy atom. The molecule has 1 saturated carbocycles. The van der Waals surface area contributed by atoms with Gasteiger partial charge in [-0.1, -0.05) is 6.07 Å². The van der Waals surface area contributed by atoms with Gasteiger partial charge in [-0.3, -0.25) is 4.79 Å². The van der Waals surface area contributed by atoms with Gasteiger partial charge in [-0.25, -0.2) is 0 Å². The van der Waals surface area contributed by atoms with Crippen molar-refractivity contribution in [2.24, 2.45) is 5.92 Å². The van der Waals surface area contributed by atoms with Crippen LogP contribution in [0, 0.1) is 5.92 Å². The van der Waals surface area contributed by atoms with Crippen LogP contribution in [0.2, 0.25) is 0 Å². The Balaban J connectivity index is 1.59. The Hall–Kier alpha value is -1.51. The van der Waals surface area contributed by atoms with E-state index in [1.807, 2.05) is 0 Å². The second-order valence-corrected chi connectivity index (χ2v) is 5.80. The maximum Gasteiger partial charge on any atom is 0.303 e. The lowest BCUT2D eigenvalue weighted by Crippen LogP contribution is -2.13. The molecule has 0 amide bonds. The lowest BCUT2D eigenvalue weighted by Gasteiger charge is -2.14. The van der Waals surface area contributed by atoms with E-state index in [0.717, 1.165) is 25.0 Å². The zero-order valence-electron chi connectivity index (χ0n) is 11.1. The molecule has 0 aliphatic heterocycles. The predicted molar refractivity (Wildman–Crippen MR) is 72.5 cm³/mol. The Bertz CT molecular complexity index is 481. The van der Waals surface area contributed by atoms with Crippen LogP contribution >= 0.6 is 0 Å². The van der Waals surface area contributed by atoms with E-state index in [1.165, 1.54) is 30.4 Å². The smallest absolute Gasteiger partial charge is 0.303 e. The molecule has 1 aromatic carbocycles. The van der Waals surface area contributed by atoms with Crippen molar-refractivity contribution in [1.82, 2.24) is 0 Å². The van der Waals surface area contributed by atoms with Crippen LogP contribution in [0.15, 0.2) is 18.2 Å². The topological polar surface area (TPSA) is 46.5 Å². The van der Waals surface area contributed by atoms with E-state index in [9.17, 15) is 4.79 Å². The third kappa shape index (κ3) is 2.91. The number of aryl methyl sites for hydroxylation is 2. The summed E-state index contributed by atoms with van der Waals surface area (Å²) in [6, 6.07) is 6.42. The Morgan fingerprint density at radius 1 is 1.26 bits per heavy atom. The van der Waals surface area contributed by atoms with Crippen molar-refractivity contribution in [2.75, 3.05) is 0 Å². The zero-order valence-corrected chi connectivity index (χ0v) is 11.1. The minimum Gasteiger partial charge on any atom is -0.490 e. The predicted octanol–water partition coefficient (Wildman–Crippen LogP) is 3.20. The van der Waals surface area contributed by atoms with Gasteiger partial charge in [0.15, 0.2) is 0 Å². The van der Waals surface area contributed by atoms with E-state index in [2.05, 4.69) is 18.2 Å². The molecule has 0 aromatic heterocycles. The molecule has 3 heteroatoms. The summed E-state index contributed by atoms with van der Waals surface area (Å²) in [4.78, 5) is 10.7. The molecular weight excluding hydrogens is 240 g/mol. The highest BCUT2D eigenvalue weighted by atomic mass is 16.5. The van der Waals surface area contributed by atoms with Gasteiger partial charge in [-0.2, -0.15) is 0 Å².